The average molecular weight is 564 g/mol. The molecule has 7 nitrogen and oxygen atoms in total. The standard InChI is InChI=1S/C31H29F2N7.C2H2/c1-18(19-6-3-2-4-7-19)38-23-13-21(15-35-16-23)29-28(33)25(26(34)17-37-29)14-27-39-30-24(10-11-36-31(30)40-27)20-8-5-9-22(32)12-20;1-2/h5,8-13,15-17,19,38H,1-4,6-7,14,34H2,(H,36,39,40);1-2H. The summed E-state index contributed by atoms with van der Waals surface area (Å²) in [6, 6.07) is 9.91. The van der Waals surface area contributed by atoms with Gasteiger partial charge in [0.25, 0.3) is 0 Å². The number of anilines is 2. The highest BCUT2D eigenvalue weighted by Crippen LogP contribution is 2.32. The fourth-order valence-electron chi connectivity index (χ4n) is 5.40. The zero-order valence-electron chi connectivity index (χ0n) is 23.1. The number of allylic oxidation sites excluding steroid dienone is 1. The number of benzene rings is 1. The molecule has 9 heteroatoms. The van der Waals surface area contributed by atoms with Crippen LogP contribution in [0.3, 0.4) is 0 Å². The molecule has 0 spiro atoms. The third kappa shape index (κ3) is 5.98. The van der Waals surface area contributed by atoms with Gasteiger partial charge in [-0.3, -0.25) is 9.97 Å². The van der Waals surface area contributed by atoms with Crippen LogP contribution in [0.5, 0.6) is 0 Å². The van der Waals surface area contributed by atoms with Gasteiger partial charge in [-0.2, -0.15) is 0 Å². The third-order valence-corrected chi connectivity index (χ3v) is 7.49. The lowest BCUT2D eigenvalue weighted by Gasteiger charge is -2.24. The van der Waals surface area contributed by atoms with E-state index in [9.17, 15) is 4.39 Å². The van der Waals surface area contributed by atoms with E-state index in [-0.39, 0.29) is 29.2 Å². The van der Waals surface area contributed by atoms with Gasteiger partial charge >= 0.3 is 0 Å². The van der Waals surface area contributed by atoms with Crippen molar-refractivity contribution in [3.05, 3.63) is 96.5 Å². The Balaban J connectivity index is 0.00000173. The summed E-state index contributed by atoms with van der Waals surface area (Å²) < 4.78 is 29.8. The first-order valence-corrected chi connectivity index (χ1v) is 13.7. The van der Waals surface area contributed by atoms with Gasteiger partial charge in [-0.25, -0.2) is 18.7 Å². The summed E-state index contributed by atoms with van der Waals surface area (Å²) in [5.74, 6) is 0.0267. The normalized spacial score (nSPS) is 13.3. The molecule has 1 fully saturated rings. The zero-order chi connectivity index (χ0) is 29.6. The van der Waals surface area contributed by atoms with E-state index < -0.39 is 5.82 Å². The maximum Gasteiger partial charge on any atom is 0.178 e. The minimum Gasteiger partial charge on any atom is -0.397 e. The highest BCUT2D eigenvalue weighted by molar-refractivity contribution is 5.89. The van der Waals surface area contributed by atoms with E-state index >= 15 is 4.39 Å². The van der Waals surface area contributed by atoms with Gasteiger partial charge in [-0.05, 0) is 48.6 Å². The molecular weight excluding hydrogens is 532 g/mol. The van der Waals surface area contributed by atoms with Gasteiger partial charge < -0.3 is 16.0 Å². The molecule has 0 amide bonds. The second-order valence-corrected chi connectivity index (χ2v) is 10.2. The molecule has 4 aromatic heterocycles. The summed E-state index contributed by atoms with van der Waals surface area (Å²) in [7, 11) is 0. The molecule has 1 saturated carbocycles. The molecule has 6 rings (SSSR count). The highest BCUT2D eigenvalue weighted by Gasteiger charge is 2.20. The van der Waals surface area contributed by atoms with E-state index in [1.54, 1.807) is 30.7 Å². The Morgan fingerprint density at radius 3 is 2.62 bits per heavy atom. The molecule has 0 unspecified atom stereocenters. The number of hydrogen-bond donors (Lipinski definition) is 3. The van der Waals surface area contributed by atoms with Crippen molar-refractivity contribution in [1.29, 1.82) is 0 Å². The summed E-state index contributed by atoms with van der Waals surface area (Å²) >= 11 is 0. The molecule has 212 valence electrons. The fourth-order valence-corrected chi connectivity index (χ4v) is 5.40. The molecular formula is C33H31F2N7. The predicted octanol–water partition coefficient (Wildman–Crippen LogP) is 7.29. The van der Waals surface area contributed by atoms with Crippen LogP contribution in [0.15, 0.2) is 73.5 Å². The van der Waals surface area contributed by atoms with Crippen molar-refractivity contribution >= 4 is 22.5 Å². The summed E-state index contributed by atoms with van der Waals surface area (Å²) in [6.07, 6.45) is 20.4. The molecule has 1 aliphatic rings. The smallest absolute Gasteiger partial charge is 0.178 e. The van der Waals surface area contributed by atoms with Gasteiger partial charge in [0, 0.05) is 41.2 Å². The van der Waals surface area contributed by atoms with Crippen LogP contribution in [0, 0.1) is 30.4 Å². The van der Waals surface area contributed by atoms with Crippen LogP contribution >= 0.6 is 0 Å². The quantitative estimate of drug-likeness (QED) is 0.180. The van der Waals surface area contributed by atoms with Crippen molar-refractivity contribution in [2.24, 2.45) is 5.92 Å². The molecule has 0 atom stereocenters. The first-order chi connectivity index (χ1) is 20.5. The van der Waals surface area contributed by atoms with Gasteiger partial charge in [0.1, 0.15) is 17.3 Å². The number of H-pyrrole nitrogens is 1. The van der Waals surface area contributed by atoms with E-state index in [4.69, 9.17) is 5.73 Å². The van der Waals surface area contributed by atoms with Gasteiger partial charge in [0.05, 0.1) is 29.3 Å². The number of pyridine rings is 3. The van der Waals surface area contributed by atoms with Crippen LogP contribution in [-0.2, 0) is 6.42 Å². The van der Waals surface area contributed by atoms with E-state index in [2.05, 4.69) is 49.7 Å². The molecule has 42 heavy (non-hydrogen) atoms. The lowest BCUT2D eigenvalue weighted by Crippen LogP contribution is -2.14. The number of hydrogen-bond acceptors (Lipinski definition) is 6. The van der Waals surface area contributed by atoms with Gasteiger partial charge in [0.15, 0.2) is 11.5 Å². The van der Waals surface area contributed by atoms with Crippen molar-refractivity contribution in [2.75, 3.05) is 11.1 Å². The number of aromatic nitrogens is 5. The van der Waals surface area contributed by atoms with Gasteiger partial charge in [-0.15, -0.1) is 12.8 Å². The number of nitrogens with one attached hydrogen (secondary N) is 2. The Bertz CT molecular complexity index is 1750. The zero-order valence-corrected chi connectivity index (χ0v) is 23.1. The van der Waals surface area contributed by atoms with Crippen LogP contribution in [0.4, 0.5) is 20.2 Å². The Kier molecular flexibility index (Phi) is 8.53. The first kappa shape index (κ1) is 28.4. The Labute approximate surface area is 243 Å². The minimum atomic E-state index is -0.538. The van der Waals surface area contributed by atoms with Gasteiger partial charge in [-0.1, -0.05) is 38.0 Å². The van der Waals surface area contributed by atoms with E-state index in [1.807, 2.05) is 12.1 Å². The number of nitrogen functional groups attached to an aromatic ring is 1. The molecule has 5 aromatic rings. The fraction of sp³-hybridized carbons (Fsp3) is 0.212. The first-order valence-electron chi connectivity index (χ1n) is 13.7. The Morgan fingerprint density at radius 2 is 1.83 bits per heavy atom. The number of nitrogens with two attached hydrogens (primary N) is 1. The molecule has 0 bridgehead atoms. The van der Waals surface area contributed by atoms with Gasteiger partial charge in [0.2, 0.25) is 0 Å². The summed E-state index contributed by atoms with van der Waals surface area (Å²) in [6.45, 7) is 4.23. The molecule has 0 radical (unpaired) electrons. The largest absolute Gasteiger partial charge is 0.397 e. The van der Waals surface area contributed by atoms with Crippen molar-refractivity contribution in [3.63, 3.8) is 0 Å². The van der Waals surface area contributed by atoms with Crippen molar-refractivity contribution in [3.8, 4) is 35.2 Å². The molecule has 1 aliphatic carbocycles. The second-order valence-electron chi connectivity index (χ2n) is 10.2. The number of rotatable bonds is 7. The van der Waals surface area contributed by atoms with Crippen molar-refractivity contribution in [1.82, 2.24) is 24.9 Å². The van der Waals surface area contributed by atoms with E-state index in [0.29, 0.717) is 34.0 Å². The Hall–Kier alpha value is -5.10. The Morgan fingerprint density at radius 1 is 1.02 bits per heavy atom. The monoisotopic (exact) mass is 563 g/mol. The molecule has 4 N–H and O–H groups in total. The number of halogens is 2. The summed E-state index contributed by atoms with van der Waals surface area (Å²) in [5, 5.41) is 3.37. The number of fused-ring (bicyclic) bond motifs is 1. The lowest BCUT2D eigenvalue weighted by molar-refractivity contribution is 0.405. The number of terminal acetylenes is 1. The van der Waals surface area contributed by atoms with Crippen LogP contribution in [0.2, 0.25) is 0 Å². The highest BCUT2D eigenvalue weighted by atomic mass is 19.1. The molecule has 0 aliphatic heterocycles. The molecule has 0 saturated heterocycles. The number of imidazole rings is 1. The van der Waals surface area contributed by atoms with E-state index in [1.165, 1.54) is 37.6 Å². The maximum absolute atomic E-state index is 15.9. The maximum atomic E-state index is 15.9. The number of nitrogens with zero attached hydrogens (tertiary/aromatic N) is 4. The average Bonchev–Trinajstić information content (AvgIpc) is 3.44. The van der Waals surface area contributed by atoms with Crippen LogP contribution in [0.25, 0.3) is 33.5 Å². The van der Waals surface area contributed by atoms with Crippen LogP contribution in [0.1, 0.15) is 43.5 Å². The minimum absolute atomic E-state index is 0.0932. The van der Waals surface area contributed by atoms with Crippen LogP contribution < -0.4 is 11.1 Å². The van der Waals surface area contributed by atoms with Crippen LogP contribution in [-0.4, -0.2) is 24.9 Å². The van der Waals surface area contributed by atoms with Crippen molar-refractivity contribution < 1.29 is 8.78 Å². The molecule has 4 heterocycles. The topological polar surface area (TPSA) is 105 Å². The summed E-state index contributed by atoms with van der Waals surface area (Å²) in [4.78, 5) is 20.7. The predicted molar refractivity (Wildman–Crippen MR) is 163 cm³/mol. The van der Waals surface area contributed by atoms with Crippen molar-refractivity contribution in [2.45, 2.75) is 38.5 Å². The second kappa shape index (κ2) is 12.6. The number of aromatic amines is 1. The third-order valence-electron chi connectivity index (χ3n) is 7.49. The molecule has 1 aromatic carbocycles. The summed E-state index contributed by atoms with van der Waals surface area (Å²) in [5.41, 5.74) is 11.6. The SMILES string of the molecule is C#C.C=C(Nc1cncc(-c2ncc(N)c(Cc3nc4nccc(-c5cccc(F)c5)c4[nH]3)c2F)c1)C1CCCCC1. The van der Waals surface area contributed by atoms with E-state index in [0.717, 1.165) is 29.8 Å². The lowest BCUT2D eigenvalue weighted by atomic mass is 9.87.